The average molecular weight is 243 g/mol. The minimum atomic E-state index is -0.0349. The van der Waals surface area contributed by atoms with E-state index in [1.165, 1.54) is 44.3 Å². The van der Waals surface area contributed by atoms with Gasteiger partial charge in [-0.1, -0.05) is 12.8 Å². The summed E-state index contributed by atoms with van der Waals surface area (Å²) in [4.78, 5) is 0. The van der Waals surface area contributed by atoms with E-state index in [9.17, 15) is 5.11 Å². The van der Waals surface area contributed by atoms with Gasteiger partial charge in [-0.15, -0.1) is 0 Å². The highest BCUT2D eigenvalue weighted by Gasteiger charge is 2.31. The van der Waals surface area contributed by atoms with Crippen LogP contribution in [0.4, 0.5) is 0 Å². The Morgan fingerprint density at radius 1 is 1.25 bits per heavy atom. The van der Waals surface area contributed by atoms with Crippen molar-refractivity contribution in [1.29, 1.82) is 0 Å². The van der Waals surface area contributed by atoms with Gasteiger partial charge in [0.2, 0.25) is 0 Å². The van der Waals surface area contributed by atoms with E-state index in [0.717, 1.165) is 11.7 Å². The number of hydrogen-bond acceptors (Lipinski definition) is 3. The third kappa shape index (κ3) is 3.94. The molecule has 0 saturated heterocycles. The van der Waals surface area contributed by atoms with E-state index in [2.05, 4.69) is 24.0 Å². The molecule has 0 aliphatic heterocycles. The molecule has 2 saturated carbocycles. The van der Waals surface area contributed by atoms with E-state index < -0.39 is 0 Å². The molecule has 2 aliphatic carbocycles. The smallest absolute Gasteiger partial charge is 0.0610 e. The number of hydrogen-bond donors (Lipinski definition) is 2. The van der Waals surface area contributed by atoms with Gasteiger partial charge in [-0.3, -0.25) is 0 Å². The fourth-order valence-electron chi connectivity index (χ4n) is 2.42. The van der Waals surface area contributed by atoms with Crippen molar-refractivity contribution in [3.63, 3.8) is 0 Å². The van der Waals surface area contributed by atoms with E-state index in [1.54, 1.807) is 0 Å². The highest BCUT2D eigenvalue weighted by atomic mass is 32.2. The quantitative estimate of drug-likeness (QED) is 0.721. The second-order valence-corrected chi connectivity index (χ2v) is 7.07. The number of aliphatic hydroxyl groups excluding tert-OH is 1. The molecule has 16 heavy (non-hydrogen) atoms. The van der Waals surface area contributed by atoms with Crippen molar-refractivity contribution >= 4 is 11.8 Å². The van der Waals surface area contributed by atoms with Gasteiger partial charge in [0.15, 0.2) is 0 Å². The molecule has 1 atom stereocenters. The molecule has 0 heterocycles. The normalized spacial score (nSPS) is 25.9. The first-order valence-electron chi connectivity index (χ1n) is 6.72. The van der Waals surface area contributed by atoms with Crippen LogP contribution in [0, 0.1) is 0 Å². The van der Waals surface area contributed by atoms with Crippen molar-refractivity contribution in [3.8, 4) is 0 Å². The Morgan fingerprint density at radius 2 is 1.94 bits per heavy atom. The molecular weight excluding hydrogens is 218 g/mol. The minimum Gasteiger partial charge on any atom is -0.394 e. The molecule has 0 spiro atoms. The molecule has 94 valence electrons. The van der Waals surface area contributed by atoms with Gasteiger partial charge in [-0.05, 0) is 44.8 Å². The Balaban J connectivity index is 1.64. The number of aliphatic hydroxyl groups is 1. The topological polar surface area (TPSA) is 32.3 Å². The van der Waals surface area contributed by atoms with Crippen LogP contribution in [-0.2, 0) is 0 Å². The SMILES string of the molecule is CC(CO)(CCSC1CCCC1)NC1CC1. The van der Waals surface area contributed by atoms with E-state index >= 15 is 0 Å². The first-order chi connectivity index (χ1) is 7.72. The summed E-state index contributed by atoms with van der Waals surface area (Å²) >= 11 is 2.12. The summed E-state index contributed by atoms with van der Waals surface area (Å²) < 4.78 is 0. The Bertz CT molecular complexity index is 214. The zero-order chi connectivity index (χ0) is 11.4. The lowest BCUT2D eigenvalue weighted by Gasteiger charge is -2.29. The molecule has 0 aromatic heterocycles. The largest absolute Gasteiger partial charge is 0.394 e. The summed E-state index contributed by atoms with van der Waals surface area (Å²) in [6, 6.07) is 0.689. The standard InChI is InChI=1S/C13H25NOS/c1-13(10-15,14-11-6-7-11)8-9-16-12-4-2-3-5-12/h11-12,14-15H,2-10H2,1H3. The zero-order valence-corrected chi connectivity index (χ0v) is 11.2. The summed E-state index contributed by atoms with van der Waals surface area (Å²) in [7, 11) is 0. The van der Waals surface area contributed by atoms with E-state index in [-0.39, 0.29) is 12.1 Å². The second-order valence-electron chi connectivity index (χ2n) is 5.66. The van der Waals surface area contributed by atoms with Gasteiger partial charge in [0.1, 0.15) is 0 Å². The van der Waals surface area contributed by atoms with E-state index in [1.807, 2.05) is 0 Å². The number of thioether (sulfide) groups is 1. The lowest BCUT2D eigenvalue weighted by Crippen LogP contribution is -2.47. The molecule has 3 heteroatoms. The third-order valence-electron chi connectivity index (χ3n) is 3.79. The molecule has 0 aromatic carbocycles. The van der Waals surface area contributed by atoms with Gasteiger partial charge in [0.05, 0.1) is 6.61 Å². The maximum atomic E-state index is 9.48. The summed E-state index contributed by atoms with van der Waals surface area (Å²) in [5.74, 6) is 1.20. The predicted molar refractivity (Wildman–Crippen MR) is 71.0 cm³/mol. The predicted octanol–water partition coefficient (Wildman–Crippen LogP) is 2.56. The number of rotatable bonds is 7. The maximum Gasteiger partial charge on any atom is 0.0610 e. The molecule has 0 radical (unpaired) electrons. The van der Waals surface area contributed by atoms with E-state index in [4.69, 9.17) is 0 Å². The molecule has 2 fully saturated rings. The molecule has 2 aliphatic rings. The van der Waals surface area contributed by atoms with Gasteiger partial charge in [0, 0.05) is 16.8 Å². The van der Waals surface area contributed by atoms with Crippen LogP contribution in [0.2, 0.25) is 0 Å². The maximum absolute atomic E-state index is 9.48. The van der Waals surface area contributed by atoms with Crippen LogP contribution in [0.5, 0.6) is 0 Å². The zero-order valence-electron chi connectivity index (χ0n) is 10.4. The summed E-state index contributed by atoms with van der Waals surface area (Å²) in [6.45, 7) is 2.44. The van der Waals surface area contributed by atoms with Crippen LogP contribution in [0.15, 0.2) is 0 Å². The molecule has 2 rings (SSSR count). The van der Waals surface area contributed by atoms with Crippen molar-refractivity contribution in [2.75, 3.05) is 12.4 Å². The Hall–Kier alpha value is 0.270. The monoisotopic (exact) mass is 243 g/mol. The summed E-state index contributed by atoms with van der Waals surface area (Å²) in [6.07, 6.45) is 9.37. The van der Waals surface area contributed by atoms with Gasteiger partial charge in [-0.2, -0.15) is 11.8 Å². The Labute approximate surface area is 104 Å². The average Bonchev–Trinajstić information content (AvgIpc) is 2.92. The lowest BCUT2D eigenvalue weighted by atomic mass is 10.0. The molecule has 2 N–H and O–H groups in total. The molecular formula is C13H25NOS. The highest BCUT2D eigenvalue weighted by Crippen LogP contribution is 2.31. The molecule has 1 unspecified atom stereocenters. The molecule has 2 nitrogen and oxygen atoms in total. The molecule has 0 amide bonds. The van der Waals surface area contributed by atoms with Crippen LogP contribution in [0.3, 0.4) is 0 Å². The van der Waals surface area contributed by atoms with Crippen LogP contribution < -0.4 is 5.32 Å². The van der Waals surface area contributed by atoms with Gasteiger partial charge >= 0.3 is 0 Å². The fourth-order valence-corrected chi connectivity index (χ4v) is 3.99. The minimum absolute atomic E-state index is 0.0349. The van der Waals surface area contributed by atoms with Crippen LogP contribution >= 0.6 is 11.8 Å². The van der Waals surface area contributed by atoms with Crippen molar-refractivity contribution < 1.29 is 5.11 Å². The van der Waals surface area contributed by atoms with Gasteiger partial charge in [0.25, 0.3) is 0 Å². The first kappa shape index (κ1) is 12.7. The third-order valence-corrected chi connectivity index (χ3v) is 5.17. The van der Waals surface area contributed by atoms with Crippen LogP contribution in [0.25, 0.3) is 0 Å². The van der Waals surface area contributed by atoms with E-state index in [0.29, 0.717) is 6.04 Å². The highest BCUT2D eigenvalue weighted by molar-refractivity contribution is 7.99. The van der Waals surface area contributed by atoms with Crippen molar-refractivity contribution in [2.24, 2.45) is 0 Å². The Morgan fingerprint density at radius 3 is 2.50 bits per heavy atom. The second kappa shape index (κ2) is 5.74. The van der Waals surface area contributed by atoms with Gasteiger partial charge in [-0.25, -0.2) is 0 Å². The Kier molecular flexibility index (Phi) is 4.57. The summed E-state index contributed by atoms with van der Waals surface area (Å²) in [5.41, 5.74) is -0.0349. The fraction of sp³-hybridized carbons (Fsp3) is 1.00. The van der Waals surface area contributed by atoms with Crippen molar-refractivity contribution in [2.45, 2.75) is 68.7 Å². The molecule has 0 bridgehead atoms. The number of nitrogens with one attached hydrogen (secondary N) is 1. The summed E-state index contributed by atoms with van der Waals surface area (Å²) in [5, 5.41) is 14.0. The van der Waals surface area contributed by atoms with Crippen molar-refractivity contribution in [3.05, 3.63) is 0 Å². The molecule has 0 aromatic rings. The van der Waals surface area contributed by atoms with Crippen LogP contribution in [0.1, 0.15) is 51.9 Å². The first-order valence-corrected chi connectivity index (χ1v) is 7.77. The van der Waals surface area contributed by atoms with Crippen molar-refractivity contribution in [1.82, 2.24) is 5.32 Å². The lowest BCUT2D eigenvalue weighted by molar-refractivity contribution is 0.169. The van der Waals surface area contributed by atoms with Crippen LogP contribution in [-0.4, -0.2) is 34.3 Å². The van der Waals surface area contributed by atoms with Gasteiger partial charge < -0.3 is 10.4 Å².